The van der Waals surface area contributed by atoms with Crippen molar-refractivity contribution < 1.29 is 14.0 Å². The molecule has 3 aromatic carbocycles. The van der Waals surface area contributed by atoms with Crippen LogP contribution >= 0.6 is 0 Å². The van der Waals surface area contributed by atoms with E-state index in [-0.39, 0.29) is 29.6 Å². The highest BCUT2D eigenvalue weighted by Crippen LogP contribution is 2.34. The minimum atomic E-state index is -0.361. The van der Waals surface area contributed by atoms with E-state index in [1.54, 1.807) is 12.1 Å². The van der Waals surface area contributed by atoms with E-state index < -0.39 is 0 Å². The van der Waals surface area contributed by atoms with Gasteiger partial charge in [-0.2, -0.15) is 0 Å². The molecule has 1 saturated heterocycles. The minimum Gasteiger partial charge on any atom is -0.355 e. The van der Waals surface area contributed by atoms with Gasteiger partial charge in [-0.1, -0.05) is 74.0 Å². The second-order valence-corrected chi connectivity index (χ2v) is 9.98. The molecule has 0 radical (unpaired) electrons. The molecule has 38 heavy (non-hydrogen) atoms. The Balaban J connectivity index is 1.38. The summed E-state index contributed by atoms with van der Waals surface area (Å²) in [7, 11) is 0. The summed E-state index contributed by atoms with van der Waals surface area (Å²) in [6, 6.07) is 24.5. The Morgan fingerprint density at radius 1 is 0.974 bits per heavy atom. The first kappa shape index (κ1) is 27.5. The second-order valence-electron chi connectivity index (χ2n) is 9.98. The number of likely N-dealkylation sites (tertiary alicyclic amines) is 1. The molecule has 0 aliphatic carbocycles. The number of nitrogens with one attached hydrogen (secondary N) is 2. The van der Waals surface area contributed by atoms with Gasteiger partial charge < -0.3 is 10.6 Å². The Bertz CT molecular complexity index is 1150. The molecule has 5 nitrogen and oxygen atoms in total. The fraction of sp³-hybridized carbons (Fsp3) is 0.375. The molecule has 1 aliphatic rings. The van der Waals surface area contributed by atoms with Gasteiger partial charge in [0.15, 0.2) is 0 Å². The van der Waals surface area contributed by atoms with Crippen LogP contribution in [0.25, 0.3) is 0 Å². The summed E-state index contributed by atoms with van der Waals surface area (Å²) in [6.45, 7) is 4.16. The molecular weight excluding hydrogens is 477 g/mol. The predicted octanol–water partition coefficient (Wildman–Crippen LogP) is 6.43. The van der Waals surface area contributed by atoms with Crippen LogP contribution in [0.2, 0.25) is 0 Å². The molecule has 1 fully saturated rings. The number of hydrogen-bond donors (Lipinski definition) is 2. The molecule has 0 spiro atoms. The van der Waals surface area contributed by atoms with Crippen LogP contribution in [-0.4, -0.2) is 36.3 Å². The maximum absolute atomic E-state index is 14.9. The first-order chi connectivity index (χ1) is 18.6. The van der Waals surface area contributed by atoms with E-state index in [1.165, 1.54) is 6.07 Å². The van der Waals surface area contributed by atoms with E-state index in [9.17, 15) is 14.0 Å². The predicted molar refractivity (Wildman–Crippen MR) is 150 cm³/mol. The molecule has 1 unspecified atom stereocenters. The van der Waals surface area contributed by atoms with Crippen LogP contribution in [0.1, 0.15) is 74.1 Å². The van der Waals surface area contributed by atoms with Crippen LogP contribution in [0.5, 0.6) is 0 Å². The number of halogens is 1. The third-order valence-corrected chi connectivity index (χ3v) is 7.18. The number of amides is 2. The lowest BCUT2D eigenvalue weighted by atomic mass is 9.90. The first-order valence-corrected chi connectivity index (χ1v) is 13.8. The molecular formula is C32H38FN3O2. The topological polar surface area (TPSA) is 61.4 Å². The van der Waals surface area contributed by atoms with Crippen molar-refractivity contribution in [2.24, 2.45) is 0 Å². The lowest BCUT2D eigenvalue weighted by Gasteiger charge is -2.36. The number of carbonyl (C=O) groups excluding carboxylic acids is 2. The zero-order chi connectivity index (χ0) is 26.7. The van der Waals surface area contributed by atoms with Crippen LogP contribution < -0.4 is 10.6 Å². The van der Waals surface area contributed by atoms with Crippen LogP contribution in [0.4, 0.5) is 10.1 Å². The highest BCUT2D eigenvalue weighted by Gasteiger charge is 2.27. The highest BCUT2D eigenvalue weighted by atomic mass is 19.1. The monoisotopic (exact) mass is 515 g/mol. The molecule has 200 valence electrons. The molecule has 1 aliphatic heterocycles. The smallest absolute Gasteiger partial charge is 0.232 e. The Labute approximate surface area is 225 Å². The van der Waals surface area contributed by atoms with Crippen molar-refractivity contribution in [3.63, 3.8) is 0 Å². The zero-order valence-corrected chi connectivity index (χ0v) is 22.2. The van der Waals surface area contributed by atoms with Crippen molar-refractivity contribution in [1.29, 1.82) is 0 Å². The summed E-state index contributed by atoms with van der Waals surface area (Å²) in [5.74, 6) is -0.665. The zero-order valence-electron chi connectivity index (χ0n) is 22.2. The van der Waals surface area contributed by atoms with E-state index in [0.717, 1.165) is 56.3 Å². The van der Waals surface area contributed by atoms with Gasteiger partial charge in [-0.3, -0.25) is 14.5 Å². The molecule has 3 aromatic rings. The Morgan fingerprint density at radius 2 is 1.66 bits per heavy atom. The number of nitrogens with zero attached hydrogens (tertiary/aromatic N) is 1. The molecule has 0 aromatic heterocycles. The normalized spacial score (nSPS) is 15.8. The Morgan fingerprint density at radius 3 is 2.32 bits per heavy atom. The quantitative estimate of drug-likeness (QED) is 0.289. The number of rotatable bonds is 11. The SMILES string of the molecule is CCCC(=O)Nc1ccc(F)c(C2CCCCN2CCCNC(=O)C(c2ccccc2)c2ccccc2)c1. The van der Waals surface area contributed by atoms with Gasteiger partial charge in [0.1, 0.15) is 5.82 Å². The number of piperidine rings is 1. The van der Waals surface area contributed by atoms with Crippen molar-refractivity contribution in [2.45, 2.75) is 57.4 Å². The number of anilines is 1. The molecule has 0 bridgehead atoms. The molecule has 2 N–H and O–H groups in total. The summed E-state index contributed by atoms with van der Waals surface area (Å²) in [4.78, 5) is 27.7. The standard InChI is InChI=1S/C32H38FN3O2/c1-2-12-30(37)35-26-18-19-28(33)27(23-26)29-17-9-10-21-36(29)22-11-20-34-32(38)31(24-13-5-3-6-14-24)25-15-7-4-8-16-25/h3-8,13-16,18-19,23,29,31H,2,9-12,17,20-22H2,1H3,(H,34,38)(H,35,37). The summed E-state index contributed by atoms with van der Waals surface area (Å²) < 4.78 is 14.9. The Kier molecular flexibility index (Phi) is 10.0. The van der Waals surface area contributed by atoms with Gasteiger partial charge in [0.2, 0.25) is 11.8 Å². The maximum atomic E-state index is 14.9. The fourth-order valence-corrected chi connectivity index (χ4v) is 5.32. The van der Waals surface area contributed by atoms with Gasteiger partial charge in [0, 0.05) is 36.8 Å². The van der Waals surface area contributed by atoms with Crippen LogP contribution in [0, 0.1) is 5.82 Å². The molecule has 1 heterocycles. The van der Waals surface area contributed by atoms with Gasteiger partial charge in [0.05, 0.1) is 5.92 Å². The molecule has 4 rings (SSSR count). The second kappa shape index (κ2) is 13.9. The average Bonchev–Trinajstić information content (AvgIpc) is 2.94. The van der Waals surface area contributed by atoms with Crippen LogP contribution in [-0.2, 0) is 9.59 Å². The van der Waals surface area contributed by atoms with Crippen molar-refractivity contribution in [3.8, 4) is 0 Å². The lowest BCUT2D eigenvalue weighted by molar-refractivity contribution is -0.121. The number of carbonyl (C=O) groups is 2. The van der Waals surface area contributed by atoms with Crippen molar-refractivity contribution in [3.05, 3.63) is 101 Å². The fourth-order valence-electron chi connectivity index (χ4n) is 5.32. The summed E-state index contributed by atoms with van der Waals surface area (Å²) >= 11 is 0. The van der Waals surface area contributed by atoms with Crippen LogP contribution in [0.15, 0.2) is 78.9 Å². The molecule has 1 atom stereocenters. The molecule has 6 heteroatoms. The van der Waals surface area contributed by atoms with E-state index in [4.69, 9.17) is 0 Å². The summed E-state index contributed by atoms with van der Waals surface area (Å²) in [6.07, 6.45) is 4.97. The summed E-state index contributed by atoms with van der Waals surface area (Å²) in [5, 5.41) is 6.04. The van der Waals surface area contributed by atoms with Gasteiger partial charge in [-0.05, 0) is 61.6 Å². The minimum absolute atomic E-state index is 0.0147. The van der Waals surface area contributed by atoms with Crippen LogP contribution in [0.3, 0.4) is 0 Å². The third kappa shape index (κ3) is 7.29. The van der Waals surface area contributed by atoms with Gasteiger partial charge in [-0.25, -0.2) is 4.39 Å². The van der Waals surface area contributed by atoms with Crippen molar-refractivity contribution in [1.82, 2.24) is 10.2 Å². The average molecular weight is 516 g/mol. The maximum Gasteiger partial charge on any atom is 0.232 e. The molecule has 2 amide bonds. The van der Waals surface area contributed by atoms with E-state index in [2.05, 4.69) is 15.5 Å². The van der Waals surface area contributed by atoms with E-state index in [1.807, 2.05) is 67.6 Å². The highest BCUT2D eigenvalue weighted by molar-refractivity contribution is 5.90. The largest absolute Gasteiger partial charge is 0.355 e. The van der Waals surface area contributed by atoms with E-state index >= 15 is 0 Å². The van der Waals surface area contributed by atoms with Crippen molar-refractivity contribution >= 4 is 17.5 Å². The van der Waals surface area contributed by atoms with Crippen molar-refractivity contribution in [2.75, 3.05) is 25.0 Å². The van der Waals surface area contributed by atoms with E-state index in [0.29, 0.717) is 24.2 Å². The van der Waals surface area contributed by atoms with Gasteiger partial charge in [-0.15, -0.1) is 0 Å². The third-order valence-electron chi connectivity index (χ3n) is 7.18. The molecule has 0 saturated carbocycles. The number of hydrogen-bond acceptors (Lipinski definition) is 3. The number of benzene rings is 3. The Hall–Kier alpha value is -3.51. The summed E-state index contributed by atoms with van der Waals surface area (Å²) in [5.41, 5.74) is 3.21. The van der Waals surface area contributed by atoms with Gasteiger partial charge in [0.25, 0.3) is 0 Å². The first-order valence-electron chi connectivity index (χ1n) is 13.8. The lowest BCUT2D eigenvalue weighted by Crippen LogP contribution is -2.37. The van der Waals surface area contributed by atoms with Gasteiger partial charge >= 0.3 is 0 Å².